The summed E-state index contributed by atoms with van der Waals surface area (Å²) < 4.78 is 15.0. The topological polar surface area (TPSA) is 29.9 Å². The zero-order valence-electron chi connectivity index (χ0n) is 11.4. The number of hydrogen-bond acceptors (Lipinski definition) is 2. The van der Waals surface area contributed by atoms with Gasteiger partial charge in [0, 0.05) is 31.9 Å². The van der Waals surface area contributed by atoms with Crippen molar-refractivity contribution < 1.29 is 4.39 Å². The van der Waals surface area contributed by atoms with Crippen molar-refractivity contribution in [3.05, 3.63) is 53.9 Å². The summed E-state index contributed by atoms with van der Waals surface area (Å²) in [6, 6.07) is 6.86. The molecule has 1 aromatic carbocycles. The molecule has 0 aliphatic carbocycles. The normalized spacial score (nSPS) is 12.6. The molecular formula is C15H20FN3. The van der Waals surface area contributed by atoms with Crippen LogP contribution in [-0.2, 0) is 13.5 Å². The highest BCUT2D eigenvalue weighted by atomic mass is 19.1. The summed E-state index contributed by atoms with van der Waals surface area (Å²) >= 11 is 0. The molecule has 4 heteroatoms. The number of aryl methyl sites for hydroxylation is 1. The lowest BCUT2D eigenvalue weighted by Crippen LogP contribution is -2.25. The average Bonchev–Trinajstić information content (AvgIpc) is 2.81. The first-order valence-electron chi connectivity index (χ1n) is 6.65. The van der Waals surface area contributed by atoms with Gasteiger partial charge >= 0.3 is 0 Å². The van der Waals surface area contributed by atoms with Crippen molar-refractivity contribution in [1.82, 2.24) is 14.9 Å². The Kier molecular flexibility index (Phi) is 4.68. The highest BCUT2D eigenvalue weighted by Gasteiger charge is 2.14. The molecule has 0 saturated heterocycles. The molecule has 1 N–H and O–H groups in total. The third-order valence-corrected chi connectivity index (χ3v) is 3.22. The summed E-state index contributed by atoms with van der Waals surface area (Å²) in [4.78, 5) is 4.36. The maximum absolute atomic E-state index is 13.0. The van der Waals surface area contributed by atoms with Crippen LogP contribution < -0.4 is 5.32 Å². The van der Waals surface area contributed by atoms with Crippen LogP contribution in [0.1, 0.15) is 30.8 Å². The Labute approximate surface area is 113 Å². The third-order valence-electron chi connectivity index (χ3n) is 3.22. The van der Waals surface area contributed by atoms with E-state index >= 15 is 0 Å². The van der Waals surface area contributed by atoms with Crippen molar-refractivity contribution in [2.24, 2.45) is 7.05 Å². The van der Waals surface area contributed by atoms with E-state index in [0.717, 1.165) is 30.8 Å². The van der Waals surface area contributed by atoms with Gasteiger partial charge in [-0.15, -0.1) is 0 Å². The first-order valence-corrected chi connectivity index (χ1v) is 6.65. The fraction of sp³-hybridized carbons (Fsp3) is 0.400. The minimum absolute atomic E-state index is 0.168. The Morgan fingerprint density at radius 2 is 2.05 bits per heavy atom. The van der Waals surface area contributed by atoms with Crippen LogP contribution in [0.25, 0.3) is 0 Å². The van der Waals surface area contributed by atoms with Crippen molar-refractivity contribution in [2.75, 3.05) is 6.54 Å². The molecule has 0 fully saturated rings. The fourth-order valence-electron chi connectivity index (χ4n) is 2.10. The number of nitrogens with one attached hydrogen (secondary N) is 1. The molecule has 102 valence electrons. The molecule has 0 radical (unpaired) electrons. The van der Waals surface area contributed by atoms with E-state index in [1.807, 2.05) is 29.9 Å². The minimum Gasteiger partial charge on any atom is -0.338 e. The number of hydrogen-bond donors (Lipinski definition) is 1. The van der Waals surface area contributed by atoms with Crippen molar-refractivity contribution in [3.8, 4) is 0 Å². The standard InChI is InChI=1S/C15H20FN3/c1-3-8-17-14(11-15-18-9-10-19(15)2)12-4-6-13(16)7-5-12/h4-7,9-10,14,17H,3,8,11H2,1-2H3. The van der Waals surface area contributed by atoms with Crippen molar-refractivity contribution in [1.29, 1.82) is 0 Å². The predicted molar refractivity (Wildman–Crippen MR) is 74.3 cm³/mol. The monoisotopic (exact) mass is 261 g/mol. The Balaban J connectivity index is 2.15. The van der Waals surface area contributed by atoms with Gasteiger partial charge in [-0.2, -0.15) is 0 Å². The van der Waals surface area contributed by atoms with Gasteiger partial charge in [0.05, 0.1) is 0 Å². The van der Waals surface area contributed by atoms with E-state index in [4.69, 9.17) is 0 Å². The van der Waals surface area contributed by atoms with Gasteiger partial charge in [0.15, 0.2) is 0 Å². The smallest absolute Gasteiger partial charge is 0.123 e. The lowest BCUT2D eigenvalue weighted by molar-refractivity contribution is 0.510. The van der Waals surface area contributed by atoms with Gasteiger partial charge in [-0.25, -0.2) is 9.37 Å². The molecular weight excluding hydrogens is 241 g/mol. The van der Waals surface area contributed by atoms with Gasteiger partial charge in [-0.05, 0) is 30.7 Å². The first kappa shape index (κ1) is 13.7. The van der Waals surface area contributed by atoms with Gasteiger partial charge in [0.2, 0.25) is 0 Å². The third kappa shape index (κ3) is 3.64. The van der Waals surface area contributed by atoms with Crippen LogP contribution in [0.4, 0.5) is 4.39 Å². The maximum atomic E-state index is 13.0. The lowest BCUT2D eigenvalue weighted by Gasteiger charge is -2.19. The molecule has 19 heavy (non-hydrogen) atoms. The summed E-state index contributed by atoms with van der Waals surface area (Å²) in [5.41, 5.74) is 1.10. The van der Waals surface area contributed by atoms with E-state index in [-0.39, 0.29) is 11.9 Å². The summed E-state index contributed by atoms with van der Waals surface area (Å²) in [6.07, 6.45) is 5.61. The second-order valence-electron chi connectivity index (χ2n) is 4.72. The van der Waals surface area contributed by atoms with Gasteiger partial charge < -0.3 is 9.88 Å². The van der Waals surface area contributed by atoms with Crippen LogP contribution in [-0.4, -0.2) is 16.1 Å². The number of nitrogens with zero attached hydrogens (tertiary/aromatic N) is 2. The maximum Gasteiger partial charge on any atom is 0.123 e. The van der Waals surface area contributed by atoms with Crippen LogP contribution in [0.3, 0.4) is 0 Å². The summed E-state index contributed by atoms with van der Waals surface area (Å²) in [5, 5.41) is 3.49. The molecule has 0 bridgehead atoms. The van der Waals surface area contributed by atoms with Gasteiger partial charge in [-0.1, -0.05) is 19.1 Å². The number of halogens is 1. The van der Waals surface area contributed by atoms with Gasteiger partial charge in [-0.3, -0.25) is 0 Å². The zero-order valence-corrected chi connectivity index (χ0v) is 11.4. The largest absolute Gasteiger partial charge is 0.338 e. The summed E-state index contributed by atoms with van der Waals surface area (Å²) in [6.45, 7) is 3.07. The Hall–Kier alpha value is -1.68. The van der Waals surface area contributed by atoms with Gasteiger partial charge in [0.1, 0.15) is 11.6 Å². The van der Waals surface area contributed by atoms with Crippen LogP contribution >= 0.6 is 0 Å². The van der Waals surface area contributed by atoms with Crippen molar-refractivity contribution in [3.63, 3.8) is 0 Å². The Morgan fingerprint density at radius 3 is 2.63 bits per heavy atom. The molecule has 3 nitrogen and oxygen atoms in total. The molecule has 0 saturated carbocycles. The average molecular weight is 261 g/mol. The fourth-order valence-corrected chi connectivity index (χ4v) is 2.10. The summed E-state index contributed by atoms with van der Waals surface area (Å²) in [7, 11) is 1.99. The highest BCUT2D eigenvalue weighted by molar-refractivity contribution is 5.21. The van der Waals surface area contributed by atoms with Crippen LogP contribution in [0.15, 0.2) is 36.7 Å². The first-order chi connectivity index (χ1) is 9.20. The second kappa shape index (κ2) is 6.48. The quantitative estimate of drug-likeness (QED) is 0.866. The molecule has 1 atom stereocenters. The molecule has 0 spiro atoms. The van der Waals surface area contributed by atoms with E-state index in [1.54, 1.807) is 6.20 Å². The summed E-state index contributed by atoms with van der Waals surface area (Å²) in [5.74, 6) is 0.827. The Morgan fingerprint density at radius 1 is 1.32 bits per heavy atom. The Bertz CT molecular complexity index is 504. The van der Waals surface area contributed by atoms with Crippen molar-refractivity contribution >= 4 is 0 Å². The molecule has 1 unspecified atom stereocenters. The number of imidazole rings is 1. The predicted octanol–water partition coefficient (Wildman–Crippen LogP) is 2.84. The minimum atomic E-state index is -0.199. The van der Waals surface area contributed by atoms with E-state index in [2.05, 4.69) is 17.2 Å². The van der Waals surface area contributed by atoms with Crippen LogP contribution in [0.2, 0.25) is 0 Å². The van der Waals surface area contributed by atoms with Crippen LogP contribution in [0, 0.1) is 5.82 Å². The zero-order chi connectivity index (χ0) is 13.7. The van der Waals surface area contributed by atoms with E-state index < -0.39 is 0 Å². The lowest BCUT2D eigenvalue weighted by atomic mass is 10.0. The number of benzene rings is 1. The van der Waals surface area contributed by atoms with E-state index in [9.17, 15) is 4.39 Å². The van der Waals surface area contributed by atoms with Crippen molar-refractivity contribution in [2.45, 2.75) is 25.8 Å². The number of aromatic nitrogens is 2. The molecule has 0 amide bonds. The highest BCUT2D eigenvalue weighted by Crippen LogP contribution is 2.18. The number of rotatable bonds is 6. The second-order valence-corrected chi connectivity index (χ2v) is 4.72. The molecule has 2 aromatic rings. The van der Waals surface area contributed by atoms with E-state index in [1.165, 1.54) is 12.1 Å². The molecule has 2 rings (SSSR count). The SMILES string of the molecule is CCCNC(Cc1nccn1C)c1ccc(F)cc1. The van der Waals surface area contributed by atoms with E-state index in [0.29, 0.717) is 0 Å². The molecule has 0 aliphatic heterocycles. The molecule has 1 aromatic heterocycles. The van der Waals surface area contributed by atoms with Crippen LogP contribution in [0.5, 0.6) is 0 Å². The molecule has 0 aliphatic rings. The van der Waals surface area contributed by atoms with Gasteiger partial charge in [0.25, 0.3) is 0 Å². The molecule has 1 heterocycles.